The first-order valence-electron chi connectivity index (χ1n) is 8.16. The van der Waals surface area contributed by atoms with Crippen molar-refractivity contribution in [3.05, 3.63) is 36.2 Å². The Balaban J connectivity index is 2.18. The molecule has 134 valence electrons. The maximum atomic E-state index is 12.6. The zero-order valence-electron chi connectivity index (χ0n) is 15.1. The van der Waals surface area contributed by atoms with Gasteiger partial charge in [0.2, 0.25) is 5.95 Å². The molecule has 1 heterocycles. The van der Waals surface area contributed by atoms with Gasteiger partial charge in [0.15, 0.2) is 0 Å². The molecule has 0 saturated heterocycles. The van der Waals surface area contributed by atoms with Gasteiger partial charge in [0.1, 0.15) is 17.2 Å². The van der Waals surface area contributed by atoms with Crippen LogP contribution in [0.4, 0.5) is 11.6 Å². The molecule has 0 aliphatic rings. The van der Waals surface area contributed by atoms with Gasteiger partial charge >= 0.3 is 0 Å². The maximum Gasteiger partial charge on any atom is 0.274 e. The van der Waals surface area contributed by atoms with Crippen LogP contribution in [0.2, 0.25) is 0 Å². The van der Waals surface area contributed by atoms with Gasteiger partial charge in [-0.05, 0) is 24.6 Å². The third kappa shape index (κ3) is 4.82. The molecule has 1 amide bonds. The topological polar surface area (TPSA) is 76.6 Å². The molecule has 0 saturated carbocycles. The second kappa shape index (κ2) is 8.86. The van der Waals surface area contributed by atoms with Crippen molar-refractivity contribution in [2.75, 3.05) is 38.0 Å². The Morgan fingerprint density at radius 3 is 2.72 bits per heavy atom. The monoisotopic (exact) mass is 344 g/mol. The van der Waals surface area contributed by atoms with Crippen molar-refractivity contribution in [2.24, 2.45) is 0 Å². The number of aromatic nitrogens is 2. The van der Waals surface area contributed by atoms with Crippen LogP contribution < -0.4 is 19.7 Å². The predicted molar refractivity (Wildman–Crippen MR) is 97.7 cm³/mol. The number of ether oxygens (including phenoxy) is 2. The Bertz CT molecular complexity index is 721. The summed E-state index contributed by atoms with van der Waals surface area (Å²) in [4.78, 5) is 23.1. The van der Waals surface area contributed by atoms with Crippen LogP contribution in [-0.2, 0) is 0 Å². The molecule has 7 heteroatoms. The van der Waals surface area contributed by atoms with E-state index in [4.69, 9.17) is 9.47 Å². The Morgan fingerprint density at radius 2 is 2.04 bits per heavy atom. The van der Waals surface area contributed by atoms with Gasteiger partial charge in [0, 0.05) is 25.9 Å². The standard InChI is InChI=1S/C18H24N4O3/c1-5-6-11-22(2)18-19-10-9-14(21-18)17(23)20-15-12-13(24-3)7-8-16(15)25-4/h7-10,12H,5-6,11H2,1-4H3,(H,20,23). The van der Waals surface area contributed by atoms with Crippen molar-refractivity contribution in [1.82, 2.24) is 9.97 Å². The number of nitrogens with zero attached hydrogens (tertiary/aromatic N) is 3. The average Bonchev–Trinajstić information content (AvgIpc) is 2.66. The van der Waals surface area contributed by atoms with Gasteiger partial charge in [-0.25, -0.2) is 9.97 Å². The summed E-state index contributed by atoms with van der Waals surface area (Å²) < 4.78 is 10.5. The summed E-state index contributed by atoms with van der Waals surface area (Å²) >= 11 is 0. The Kier molecular flexibility index (Phi) is 6.56. The number of hydrogen-bond donors (Lipinski definition) is 1. The molecule has 1 aromatic heterocycles. The Labute approximate surface area is 148 Å². The number of hydrogen-bond acceptors (Lipinski definition) is 6. The quantitative estimate of drug-likeness (QED) is 0.793. The maximum absolute atomic E-state index is 12.6. The highest BCUT2D eigenvalue weighted by molar-refractivity contribution is 6.03. The summed E-state index contributed by atoms with van der Waals surface area (Å²) in [5, 5.41) is 2.81. The lowest BCUT2D eigenvalue weighted by Crippen LogP contribution is -2.23. The van der Waals surface area contributed by atoms with Crippen molar-refractivity contribution in [1.29, 1.82) is 0 Å². The van der Waals surface area contributed by atoms with Crippen molar-refractivity contribution in [3.8, 4) is 11.5 Å². The minimum Gasteiger partial charge on any atom is -0.497 e. The first-order chi connectivity index (χ1) is 12.1. The highest BCUT2D eigenvalue weighted by Gasteiger charge is 2.14. The van der Waals surface area contributed by atoms with Crippen molar-refractivity contribution >= 4 is 17.5 Å². The molecule has 0 aliphatic carbocycles. The summed E-state index contributed by atoms with van der Waals surface area (Å²) in [6.07, 6.45) is 3.71. The van der Waals surface area contributed by atoms with Crippen molar-refractivity contribution in [3.63, 3.8) is 0 Å². The molecule has 0 spiro atoms. The lowest BCUT2D eigenvalue weighted by Gasteiger charge is -2.17. The molecule has 0 radical (unpaired) electrons. The third-order valence-electron chi connectivity index (χ3n) is 3.72. The van der Waals surface area contributed by atoms with E-state index >= 15 is 0 Å². The first kappa shape index (κ1) is 18.5. The average molecular weight is 344 g/mol. The van der Waals surface area contributed by atoms with E-state index in [1.54, 1.807) is 44.7 Å². The van der Waals surface area contributed by atoms with Crippen LogP contribution in [0.25, 0.3) is 0 Å². The lowest BCUT2D eigenvalue weighted by molar-refractivity contribution is 0.102. The zero-order chi connectivity index (χ0) is 18.2. The van der Waals surface area contributed by atoms with E-state index in [1.165, 1.54) is 0 Å². The summed E-state index contributed by atoms with van der Waals surface area (Å²) in [7, 11) is 5.02. The number of methoxy groups -OCH3 is 2. The number of amides is 1. The number of benzene rings is 1. The molecular weight excluding hydrogens is 320 g/mol. The van der Waals surface area contributed by atoms with E-state index in [2.05, 4.69) is 22.2 Å². The fourth-order valence-electron chi connectivity index (χ4n) is 2.25. The highest BCUT2D eigenvalue weighted by Crippen LogP contribution is 2.29. The number of anilines is 2. The SMILES string of the molecule is CCCCN(C)c1nccc(C(=O)Nc2cc(OC)ccc2OC)n1. The second-order valence-corrected chi connectivity index (χ2v) is 5.54. The van der Waals surface area contributed by atoms with Gasteiger partial charge in [0.05, 0.1) is 19.9 Å². The molecular formula is C18H24N4O3. The van der Waals surface area contributed by atoms with Crippen LogP contribution in [0.15, 0.2) is 30.5 Å². The van der Waals surface area contributed by atoms with Crippen LogP contribution in [0.3, 0.4) is 0 Å². The minimum atomic E-state index is -0.334. The van der Waals surface area contributed by atoms with Gasteiger partial charge in [-0.15, -0.1) is 0 Å². The van der Waals surface area contributed by atoms with Gasteiger partial charge in [-0.2, -0.15) is 0 Å². The van der Waals surface area contributed by atoms with Crippen molar-refractivity contribution < 1.29 is 14.3 Å². The van der Waals surface area contributed by atoms with E-state index in [-0.39, 0.29) is 5.91 Å². The largest absolute Gasteiger partial charge is 0.497 e. The molecule has 0 bridgehead atoms. The molecule has 1 N–H and O–H groups in total. The van der Waals surface area contributed by atoms with E-state index in [9.17, 15) is 4.79 Å². The van der Waals surface area contributed by atoms with Crippen LogP contribution in [0, 0.1) is 0 Å². The number of nitrogens with one attached hydrogen (secondary N) is 1. The normalized spacial score (nSPS) is 10.2. The molecule has 0 unspecified atom stereocenters. The Hall–Kier alpha value is -2.83. The predicted octanol–water partition coefficient (Wildman–Crippen LogP) is 2.98. The van der Waals surface area contributed by atoms with Crippen LogP contribution >= 0.6 is 0 Å². The summed E-state index contributed by atoms with van der Waals surface area (Å²) in [6, 6.07) is 6.78. The second-order valence-electron chi connectivity index (χ2n) is 5.54. The fraction of sp³-hybridized carbons (Fsp3) is 0.389. The highest BCUT2D eigenvalue weighted by atomic mass is 16.5. The molecule has 0 fully saturated rings. The molecule has 25 heavy (non-hydrogen) atoms. The molecule has 7 nitrogen and oxygen atoms in total. The summed E-state index contributed by atoms with van der Waals surface area (Å²) in [5.41, 5.74) is 0.810. The van der Waals surface area contributed by atoms with Gasteiger partial charge in [-0.1, -0.05) is 13.3 Å². The smallest absolute Gasteiger partial charge is 0.274 e. The summed E-state index contributed by atoms with van der Waals surface area (Å²) in [6.45, 7) is 2.96. The van der Waals surface area contributed by atoms with E-state index in [0.717, 1.165) is 19.4 Å². The van der Waals surface area contributed by atoms with Gasteiger partial charge < -0.3 is 19.7 Å². The number of rotatable bonds is 8. The molecule has 2 rings (SSSR count). The fourth-order valence-corrected chi connectivity index (χ4v) is 2.25. The van der Waals surface area contributed by atoms with E-state index < -0.39 is 0 Å². The summed E-state index contributed by atoms with van der Waals surface area (Å²) in [5.74, 6) is 1.36. The molecule has 1 aromatic carbocycles. The zero-order valence-corrected chi connectivity index (χ0v) is 15.1. The minimum absolute atomic E-state index is 0.290. The first-order valence-corrected chi connectivity index (χ1v) is 8.16. The molecule has 0 aliphatic heterocycles. The van der Waals surface area contributed by atoms with E-state index in [1.807, 2.05) is 11.9 Å². The van der Waals surface area contributed by atoms with Crippen molar-refractivity contribution in [2.45, 2.75) is 19.8 Å². The van der Waals surface area contributed by atoms with Crippen LogP contribution in [0.5, 0.6) is 11.5 Å². The van der Waals surface area contributed by atoms with Crippen LogP contribution in [-0.4, -0.2) is 43.7 Å². The van der Waals surface area contributed by atoms with Crippen LogP contribution in [0.1, 0.15) is 30.3 Å². The Morgan fingerprint density at radius 1 is 1.24 bits per heavy atom. The van der Waals surface area contributed by atoms with E-state index in [0.29, 0.717) is 28.8 Å². The molecule has 2 aromatic rings. The number of carbonyl (C=O) groups is 1. The number of unbranched alkanes of at least 4 members (excludes halogenated alkanes) is 1. The van der Waals surface area contributed by atoms with Gasteiger partial charge in [0.25, 0.3) is 5.91 Å². The van der Waals surface area contributed by atoms with Gasteiger partial charge in [-0.3, -0.25) is 4.79 Å². The third-order valence-corrected chi connectivity index (χ3v) is 3.72. The number of carbonyl (C=O) groups excluding carboxylic acids is 1. The molecule has 0 atom stereocenters. The lowest BCUT2D eigenvalue weighted by atomic mass is 10.2.